The molecule has 10 heteroatoms. The minimum absolute atomic E-state index is 0. The van der Waals surface area contributed by atoms with Crippen molar-refractivity contribution in [3.63, 3.8) is 0 Å². The predicted octanol–water partition coefficient (Wildman–Crippen LogP) is 1.74. The normalized spacial score (nSPS) is 10.1. The van der Waals surface area contributed by atoms with Gasteiger partial charge in [0.25, 0.3) is 0 Å². The molecule has 4 rings (SSSR count). The Labute approximate surface area is 240 Å². The van der Waals surface area contributed by atoms with Crippen molar-refractivity contribution in [1.29, 1.82) is 0 Å². The van der Waals surface area contributed by atoms with Gasteiger partial charge in [0.1, 0.15) is 0 Å². The molecule has 0 saturated carbocycles. The second-order valence-electron chi connectivity index (χ2n) is 7.20. The molecule has 0 aliphatic heterocycles. The van der Waals surface area contributed by atoms with Gasteiger partial charge in [0.05, 0.1) is 23.3 Å². The Morgan fingerprint density at radius 3 is 1.18 bits per heavy atom. The summed E-state index contributed by atoms with van der Waals surface area (Å²) in [7, 11) is 0. The van der Waals surface area contributed by atoms with Crippen LogP contribution in [0.3, 0.4) is 0 Å². The summed E-state index contributed by atoms with van der Waals surface area (Å²) in [5.41, 5.74) is 1.34. The Morgan fingerprint density at radius 2 is 0.842 bits per heavy atom. The molecule has 0 spiro atoms. The molecule has 4 aromatic carbocycles. The number of carbonyl (C=O) groups is 2. The number of aliphatic imine (C=N–C) groups is 2. The Morgan fingerprint density at radius 1 is 0.526 bits per heavy atom. The van der Waals surface area contributed by atoms with E-state index in [4.69, 9.17) is 0 Å². The summed E-state index contributed by atoms with van der Waals surface area (Å²) in [6, 6.07) is 25.2. The van der Waals surface area contributed by atoms with Gasteiger partial charge >= 0.3 is 34.1 Å². The zero-order valence-corrected chi connectivity index (χ0v) is 21.2. The second-order valence-corrected chi connectivity index (χ2v) is 7.20. The molecule has 0 aliphatic rings. The quantitative estimate of drug-likeness (QED) is 0.241. The summed E-state index contributed by atoms with van der Waals surface area (Å²) in [6.45, 7) is 0. The predicted molar refractivity (Wildman–Crippen MR) is 128 cm³/mol. The summed E-state index contributed by atoms with van der Waals surface area (Å²) >= 11 is 0. The van der Waals surface area contributed by atoms with Crippen molar-refractivity contribution in [2.24, 2.45) is 9.98 Å². The molecule has 0 fully saturated rings. The van der Waals surface area contributed by atoms with Gasteiger partial charge < -0.3 is 30.0 Å². The molecule has 0 saturated heterocycles. The fourth-order valence-corrected chi connectivity index (χ4v) is 2.97. The zero-order valence-electron chi connectivity index (χ0n) is 19.3. The molecule has 0 unspecified atom stereocenters. The van der Waals surface area contributed by atoms with E-state index in [1.807, 2.05) is 0 Å². The van der Waals surface area contributed by atoms with E-state index in [2.05, 4.69) is 9.98 Å². The number of hydrogen-bond acceptors (Lipinski definition) is 8. The van der Waals surface area contributed by atoms with Gasteiger partial charge in [0.15, 0.2) is 0 Å². The third kappa shape index (κ3) is 9.03. The standard InChI is InChI=1S/2C14H11NO3.2Cu/c2*16-13-8-4-1-5-10(13)9-15-12-7-3-2-6-11(12)14(17)18;;/h2*1-9,16H,(H,17,18);;/q;;2*+2/p-4. The first kappa shape index (κ1) is 31.8. The number of carboxylic acids is 2. The fraction of sp³-hybridized carbons (Fsp3) is 0. The summed E-state index contributed by atoms with van der Waals surface area (Å²) in [5.74, 6) is -2.91. The molecule has 38 heavy (non-hydrogen) atoms. The minimum atomic E-state index is -1.29. The largest absolute Gasteiger partial charge is 2.00 e. The maximum atomic E-state index is 11.4. The van der Waals surface area contributed by atoms with E-state index in [0.717, 1.165) is 0 Å². The van der Waals surface area contributed by atoms with Crippen LogP contribution in [0.25, 0.3) is 0 Å². The maximum absolute atomic E-state index is 11.4. The topological polar surface area (TPSA) is 151 Å². The zero-order chi connectivity index (χ0) is 25.9. The third-order valence-corrected chi connectivity index (χ3v) is 4.77. The molecule has 2 radical (unpaired) electrons. The Hall–Kier alpha value is -4.20. The van der Waals surface area contributed by atoms with Crippen LogP contribution in [0.2, 0.25) is 0 Å². The van der Waals surface area contributed by atoms with Crippen LogP contribution < -0.4 is 20.4 Å². The molecule has 0 atom stereocenters. The van der Waals surface area contributed by atoms with Gasteiger partial charge in [-0.2, -0.15) is 0 Å². The van der Waals surface area contributed by atoms with Crippen LogP contribution in [-0.2, 0) is 34.1 Å². The van der Waals surface area contributed by atoms with E-state index >= 15 is 0 Å². The van der Waals surface area contributed by atoms with Crippen LogP contribution in [0.15, 0.2) is 107 Å². The number of benzene rings is 4. The molecule has 0 amide bonds. The third-order valence-electron chi connectivity index (χ3n) is 4.77. The van der Waals surface area contributed by atoms with Gasteiger partial charge in [0.2, 0.25) is 0 Å². The molecule has 8 nitrogen and oxygen atoms in total. The molecule has 0 bridgehead atoms. The van der Waals surface area contributed by atoms with Crippen molar-refractivity contribution in [2.75, 3.05) is 0 Å². The van der Waals surface area contributed by atoms with Crippen LogP contribution in [0, 0.1) is 0 Å². The molecule has 0 aromatic heterocycles. The smallest absolute Gasteiger partial charge is 0.872 e. The molecule has 0 aliphatic carbocycles. The molecule has 198 valence electrons. The Balaban J connectivity index is 0.000000361. The number of rotatable bonds is 6. The van der Waals surface area contributed by atoms with Crippen LogP contribution in [0.5, 0.6) is 11.5 Å². The van der Waals surface area contributed by atoms with E-state index in [-0.39, 0.29) is 68.1 Å². The van der Waals surface area contributed by atoms with E-state index in [1.165, 1.54) is 36.7 Å². The second kappa shape index (κ2) is 15.8. The molecule has 0 N–H and O–H groups in total. The summed E-state index contributed by atoms with van der Waals surface area (Å²) < 4.78 is 0. The van der Waals surface area contributed by atoms with Crippen molar-refractivity contribution in [2.45, 2.75) is 0 Å². The minimum Gasteiger partial charge on any atom is -0.872 e. The SMILES string of the molecule is O=C([O-])c1ccccc1N=Cc1ccccc1[O-].O=C([O-])c1ccccc1N=Cc1ccccc1[O-].[Cu+2].[Cu+2]. The van der Waals surface area contributed by atoms with E-state index in [0.29, 0.717) is 11.1 Å². The Kier molecular flexibility index (Phi) is 13.2. The monoisotopic (exact) mass is 604 g/mol. The van der Waals surface area contributed by atoms with Crippen molar-refractivity contribution in [3.8, 4) is 11.5 Å². The number of carboxylic acid groups (broad SMARTS) is 2. The number of aromatic carboxylic acids is 2. The molecule has 0 heterocycles. The molecular weight excluding hydrogens is 587 g/mol. The van der Waals surface area contributed by atoms with Crippen molar-refractivity contribution >= 4 is 35.7 Å². The fourth-order valence-electron chi connectivity index (χ4n) is 2.97. The summed E-state index contributed by atoms with van der Waals surface area (Å²) in [4.78, 5) is 29.7. The summed E-state index contributed by atoms with van der Waals surface area (Å²) in [6.07, 6.45) is 2.70. The van der Waals surface area contributed by atoms with Crippen molar-refractivity contribution < 1.29 is 64.2 Å². The molecule has 4 aromatic rings. The van der Waals surface area contributed by atoms with E-state index in [1.54, 1.807) is 72.8 Å². The van der Waals surface area contributed by atoms with Gasteiger partial charge in [-0.05, 0) is 23.3 Å². The number of carbonyl (C=O) groups excluding carboxylic acids is 2. The first-order valence-corrected chi connectivity index (χ1v) is 10.6. The van der Waals surface area contributed by atoms with Crippen LogP contribution in [0.4, 0.5) is 11.4 Å². The van der Waals surface area contributed by atoms with Gasteiger partial charge in [0, 0.05) is 23.6 Å². The van der Waals surface area contributed by atoms with Crippen LogP contribution >= 0.6 is 0 Å². The summed E-state index contributed by atoms with van der Waals surface area (Å²) in [5, 5.41) is 44.6. The van der Waals surface area contributed by atoms with E-state index in [9.17, 15) is 30.0 Å². The van der Waals surface area contributed by atoms with E-state index < -0.39 is 11.9 Å². The maximum Gasteiger partial charge on any atom is 2.00 e. The first-order chi connectivity index (χ1) is 17.4. The average Bonchev–Trinajstić information content (AvgIpc) is 2.88. The van der Waals surface area contributed by atoms with Gasteiger partial charge in [-0.15, -0.1) is 11.5 Å². The number of nitrogens with zero attached hydrogens (tertiary/aromatic N) is 2. The Bertz CT molecular complexity index is 1330. The molecular formula is C28H18Cu2N2O6. The average molecular weight is 606 g/mol. The van der Waals surface area contributed by atoms with Crippen LogP contribution in [0.1, 0.15) is 31.8 Å². The van der Waals surface area contributed by atoms with Gasteiger partial charge in [-0.25, -0.2) is 0 Å². The number of hydrogen-bond donors (Lipinski definition) is 0. The van der Waals surface area contributed by atoms with Gasteiger partial charge in [-0.3, -0.25) is 9.98 Å². The van der Waals surface area contributed by atoms with Crippen molar-refractivity contribution in [3.05, 3.63) is 119 Å². The van der Waals surface area contributed by atoms with Gasteiger partial charge in [-0.1, -0.05) is 84.9 Å². The first-order valence-electron chi connectivity index (χ1n) is 10.6. The van der Waals surface area contributed by atoms with Crippen LogP contribution in [-0.4, -0.2) is 24.4 Å². The number of para-hydroxylation sites is 4. The van der Waals surface area contributed by atoms with Crippen molar-refractivity contribution in [1.82, 2.24) is 0 Å².